The summed E-state index contributed by atoms with van der Waals surface area (Å²) in [6, 6.07) is 5.44. The Morgan fingerprint density at radius 3 is 2.49 bits per heavy atom. The van der Waals surface area contributed by atoms with E-state index in [9.17, 15) is 14.4 Å². The molecule has 0 radical (unpaired) electrons. The second-order valence-electron chi connectivity index (χ2n) is 10.5. The zero-order valence-electron chi connectivity index (χ0n) is 21.8. The number of halogens is 1. The molecule has 3 aliphatic rings. The summed E-state index contributed by atoms with van der Waals surface area (Å²) < 4.78 is 7.01. The summed E-state index contributed by atoms with van der Waals surface area (Å²) in [4.78, 5) is 41.3. The van der Waals surface area contributed by atoms with Gasteiger partial charge in [0.25, 0.3) is 5.91 Å². The number of ether oxygens (including phenoxy) is 1. The topological polar surface area (TPSA) is 119 Å². The van der Waals surface area contributed by atoms with Crippen molar-refractivity contribution in [2.45, 2.75) is 63.1 Å². The summed E-state index contributed by atoms with van der Waals surface area (Å²) in [5.74, 6) is -0.810. The first-order valence-electron chi connectivity index (χ1n) is 12.0. The lowest BCUT2D eigenvalue weighted by atomic mass is 9.71. The molecule has 1 aromatic heterocycles. The molecule has 15 heteroatoms. The van der Waals surface area contributed by atoms with E-state index in [0.717, 1.165) is 25.7 Å². The van der Waals surface area contributed by atoms with Crippen LogP contribution in [0.25, 0.3) is 5.69 Å². The molecule has 218 valence electrons. The third kappa shape index (κ3) is 7.45. The Labute approximate surface area is 261 Å². The van der Waals surface area contributed by atoms with Crippen LogP contribution in [0, 0.1) is 11.3 Å². The van der Waals surface area contributed by atoms with Crippen molar-refractivity contribution >= 4 is 83.2 Å². The Kier molecular flexibility index (Phi) is 13.2. The Balaban J connectivity index is 0.00000190. The number of amides is 2. The average molecular weight is 637 g/mol. The molecule has 1 aromatic carbocycles. The van der Waals surface area contributed by atoms with Crippen molar-refractivity contribution < 1.29 is 19.1 Å². The third-order valence-electron chi connectivity index (χ3n) is 7.54. The molecule has 5 rings (SSSR count). The third-order valence-corrected chi connectivity index (χ3v) is 7.92. The number of carbonyl (C=O) groups is 3. The first kappa shape index (κ1) is 35.6. The minimum Gasteiger partial charge on any atom is -0.366 e. The number of alkyl halides is 1. The van der Waals surface area contributed by atoms with Crippen LogP contribution in [0.5, 0.6) is 0 Å². The van der Waals surface area contributed by atoms with E-state index in [1.165, 1.54) is 15.9 Å². The number of hydrogen-bond donors (Lipinski definition) is 1. The molecule has 3 fully saturated rings. The predicted octanol–water partition coefficient (Wildman–Crippen LogP) is 2.21. The summed E-state index contributed by atoms with van der Waals surface area (Å²) in [7, 11) is 0. The van der Waals surface area contributed by atoms with E-state index in [2.05, 4.69) is 34.7 Å². The first-order valence-corrected chi connectivity index (χ1v) is 12.4. The van der Waals surface area contributed by atoms with Gasteiger partial charge in [-0.2, -0.15) is 54.0 Å². The van der Waals surface area contributed by atoms with Crippen molar-refractivity contribution in [2.24, 2.45) is 11.3 Å². The van der Waals surface area contributed by atoms with Crippen LogP contribution >= 0.6 is 65.6 Å². The van der Waals surface area contributed by atoms with Crippen LogP contribution in [0.15, 0.2) is 30.6 Å². The van der Waals surface area contributed by atoms with Crippen molar-refractivity contribution in [3.63, 3.8) is 0 Å². The van der Waals surface area contributed by atoms with E-state index in [1.54, 1.807) is 24.3 Å². The quantitative estimate of drug-likeness (QED) is 0.500. The number of Topliss-reactive ketones (excluding diaryl/α,β-unsaturated/α-hetero) is 1. The van der Waals surface area contributed by atoms with E-state index >= 15 is 0 Å². The second kappa shape index (κ2) is 14.4. The lowest BCUT2D eigenvalue weighted by Gasteiger charge is -2.39. The van der Waals surface area contributed by atoms with Gasteiger partial charge in [0.05, 0.1) is 11.1 Å². The fourth-order valence-electron chi connectivity index (χ4n) is 5.43. The van der Waals surface area contributed by atoms with Crippen LogP contribution in [-0.2, 0) is 14.3 Å². The van der Waals surface area contributed by atoms with Gasteiger partial charge in [-0.15, -0.1) is 16.7 Å². The number of ketones is 1. The molecule has 4 atom stereocenters. The van der Waals surface area contributed by atoms with Crippen molar-refractivity contribution in [1.82, 2.24) is 30.4 Å². The molecule has 0 unspecified atom stereocenters. The summed E-state index contributed by atoms with van der Waals surface area (Å²) in [6.45, 7) is 4.63. The highest BCUT2D eigenvalue weighted by Crippen LogP contribution is 2.40. The van der Waals surface area contributed by atoms with Gasteiger partial charge in [0, 0.05) is 12.1 Å². The van der Waals surface area contributed by atoms with Gasteiger partial charge in [0.1, 0.15) is 31.1 Å². The van der Waals surface area contributed by atoms with Crippen molar-refractivity contribution in [3.05, 3.63) is 36.2 Å². The number of nitrogens with zero attached hydrogens (tertiary/aromatic N) is 5. The molecule has 1 saturated carbocycles. The van der Waals surface area contributed by atoms with Gasteiger partial charge in [0.15, 0.2) is 5.78 Å². The Morgan fingerprint density at radius 2 is 1.85 bits per heavy atom. The molecule has 2 aliphatic heterocycles. The Bertz CT molecular complexity index is 1130. The molecule has 1 N–H and O–H groups in total. The highest BCUT2D eigenvalue weighted by atomic mass is 35.5. The number of hydrogen-bond acceptors (Lipinski definition) is 7. The standard InChI is InChI=1S/C24H29ClN6O4.4H2S/c1-24(2)8-6-14(7-9-24)19(23(34)30-11-17(25)21-20(30)18(32)12-35-21)27-22(33)15-4-3-5-16(10-15)31-13-26-28-29-31;;;;/h3-5,10,13-14,17,19-21H,6-9,11-12H2,1-2H3,(H,27,33);4*1H2/t17-,19-,20+,21+;;;;/m0..../s1. The second-order valence-corrected chi connectivity index (χ2v) is 11.0. The number of carbonyl (C=O) groups excluding carboxylic acids is 3. The predicted molar refractivity (Wildman–Crippen MR) is 168 cm³/mol. The number of fused-ring (bicyclic) bond motifs is 1. The molecule has 2 saturated heterocycles. The summed E-state index contributed by atoms with van der Waals surface area (Å²) in [5, 5.41) is 13.7. The number of aromatic nitrogens is 4. The van der Waals surface area contributed by atoms with Gasteiger partial charge in [-0.3, -0.25) is 14.4 Å². The number of nitrogens with one attached hydrogen (secondary N) is 1. The fraction of sp³-hybridized carbons (Fsp3) is 0.583. The molecule has 0 spiro atoms. The number of tetrazole rings is 1. The lowest BCUT2D eigenvalue weighted by Crippen LogP contribution is -2.55. The van der Waals surface area contributed by atoms with E-state index in [1.807, 2.05) is 0 Å². The summed E-state index contributed by atoms with van der Waals surface area (Å²) in [5.41, 5.74) is 1.22. The van der Waals surface area contributed by atoms with Crippen molar-refractivity contribution in [2.75, 3.05) is 13.2 Å². The number of likely N-dealkylation sites (tertiary alicyclic amines) is 1. The fourth-order valence-corrected chi connectivity index (χ4v) is 5.79. The van der Waals surface area contributed by atoms with Crippen LogP contribution in [-0.4, -0.2) is 79.4 Å². The molecule has 2 aromatic rings. The molecule has 39 heavy (non-hydrogen) atoms. The van der Waals surface area contributed by atoms with Crippen LogP contribution in [0.4, 0.5) is 0 Å². The van der Waals surface area contributed by atoms with E-state index in [-0.39, 0.29) is 96.1 Å². The molecular formula is C24H37ClN6O4S4. The van der Waals surface area contributed by atoms with Gasteiger partial charge >= 0.3 is 0 Å². The maximum Gasteiger partial charge on any atom is 0.252 e. The Morgan fingerprint density at radius 1 is 1.15 bits per heavy atom. The Hall–Kier alpha value is -1.45. The van der Waals surface area contributed by atoms with Crippen LogP contribution < -0.4 is 5.32 Å². The molecule has 10 nitrogen and oxygen atoms in total. The normalized spacial score (nSPS) is 24.2. The number of rotatable bonds is 5. The SMILES string of the molecule is CC1(C)CCC([C@H](NC(=O)c2cccc(-n3cnnn3)c2)C(=O)N2C[C@H](Cl)[C@H]3OCC(=O)[C@H]32)CC1.S.S.S.S. The van der Waals surface area contributed by atoms with Crippen LogP contribution in [0.1, 0.15) is 49.9 Å². The molecule has 2 amide bonds. The molecule has 0 bridgehead atoms. The molecule has 1 aliphatic carbocycles. The smallest absolute Gasteiger partial charge is 0.252 e. The summed E-state index contributed by atoms with van der Waals surface area (Å²) >= 11 is 6.44. The van der Waals surface area contributed by atoms with Gasteiger partial charge in [-0.05, 0) is 65.6 Å². The van der Waals surface area contributed by atoms with Gasteiger partial charge < -0.3 is 15.0 Å². The maximum absolute atomic E-state index is 13.9. The van der Waals surface area contributed by atoms with Gasteiger partial charge in [0.2, 0.25) is 5.91 Å². The highest BCUT2D eigenvalue weighted by Gasteiger charge is 2.53. The zero-order chi connectivity index (χ0) is 24.7. The minimum absolute atomic E-state index is 0. The maximum atomic E-state index is 13.9. The van der Waals surface area contributed by atoms with E-state index in [0.29, 0.717) is 11.3 Å². The van der Waals surface area contributed by atoms with E-state index in [4.69, 9.17) is 16.3 Å². The lowest BCUT2D eigenvalue weighted by molar-refractivity contribution is -0.139. The van der Waals surface area contributed by atoms with Crippen molar-refractivity contribution in [3.8, 4) is 5.69 Å². The average Bonchev–Trinajstić information content (AvgIpc) is 3.57. The van der Waals surface area contributed by atoms with Crippen LogP contribution in [0.3, 0.4) is 0 Å². The molecular weight excluding hydrogens is 600 g/mol. The minimum atomic E-state index is -0.758. The summed E-state index contributed by atoms with van der Waals surface area (Å²) in [6.07, 6.45) is 4.48. The largest absolute Gasteiger partial charge is 0.366 e. The zero-order valence-corrected chi connectivity index (χ0v) is 26.5. The van der Waals surface area contributed by atoms with Crippen LogP contribution in [0.2, 0.25) is 0 Å². The highest BCUT2D eigenvalue weighted by molar-refractivity contribution is 7.59. The molecule has 3 heterocycles. The van der Waals surface area contributed by atoms with Crippen molar-refractivity contribution in [1.29, 1.82) is 0 Å². The number of benzene rings is 1. The first-order chi connectivity index (χ1) is 16.7. The van der Waals surface area contributed by atoms with Gasteiger partial charge in [-0.1, -0.05) is 19.9 Å². The van der Waals surface area contributed by atoms with Gasteiger partial charge in [-0.25, -0.2) is 4.68 Å². The monoisotopic (exact) mass is 636 g/mol. The van der Waals surface area contributed by atoms with E-state index < -0.39 is 23.6 Å².